The molecular weight excluding hydrogens is 400 g/mol. The van der Waals surface area contributed by atoms with Gasteiger partial charge in [-0.25, -0.2) is 9.59 Å². The van der Waals surface area contributed by atoms with Gasteiger partial charge in [-0.05, 0) is 22.9 Å². The third kappa shape index (κ3) is 8.35. The van der Waals surface area contributed by atoms with Crippen LogP contribution in [0.5, 0.6) is 0 Å². The van der Waals surface area contributed by atoms with Crippen LogP contribution >= 0.6 is 22.7 Å². The molecule has 0 amide bonds. The van der Waals surface area contributed by atoms with Gasteiger partial charge < -0.3 is 21.2 Å². The molecule has 2 aromatic heterocycles. The van der Waals surface area contributed by atoms with Crippen LogP contribution in [0.2, 0.25) is 0 Å². The van der Waals surface area contributed by atoms with Crippen molar-refractivity contribution in [2.75, 3.05) is 0 Å². The molecule has 131 valence electrons. The van der Waals surface area contributed by atoms with Crippen LogP contribution in [0.4, 0.5) is 0 Å². The summed E-state index contributed by atoms with van der Waals surface area (Å²) in [7, 11) is 0. The number of Topliss-reactive ketones (excluding diaryl/α,β-unsaturated/α-hetero) is 2. The summed E-state index contributed by atoms with van der Waals surface area (Å²) in [5.74, 6) is -4.48. The van der Waals surface area contributed by atoms with E-state index in [1.165, 1.54) is 12.1 Å². The monoisotopic (exact) mass is 411 g/mol. The summed E-state index contributed by atoms with van der Waals surface area (Å²) in [6.45, 7) is 0. The van der Waals surface area contributed by atoms with Gasteiger partial charge in [0.25, 0.3) is 11.6 Å². The van der Waals surface area contributed by atoms with Crippen molar-refractivity contribution < 1.29 is 57.4 Å². The number of ketones is 2. The van der Waals surface area contributed by atoms with E-state index in [4.69, 9.17) is 10.2 Å². The summed E-state index contributed by atoms with van der Waals surface area (Å²) < 4.78 is 0. The Balaban J connectivity index is -0.000000308. The topological polar surface area (TPSA) is 172 Å². The predicted molar refractivity (Wildman–Crippen MR) is 79.8 cm³/mol. The third-order valence-corrected chi connectivity index (χ3v) is 3.62. The van der Waals surface area contributed by atoms with Gasteiger partial charge in [0, 0.05) is 17.1 Å². The van der Waals surface area contributed by atoms with Gasteiger partial charge in [0.1, 0.15) is 0 Å². The Bertz CT molecular complexity index is 565. The number of carbonyl (C=O) groups excluding carboxylic acids is 2. The van der Waals surface area contributed by atoms with Crippen molar-refractivity contribution in [3.8, 4) is 0 Å². The third-order valence-electron chi connectivity index (χ3n) is 1.88. The fraction of sp³-hybridized carbons (Fsp3) is 0. The van der Waals surface area contributed by atoms with E-state index in [9.17, 15) is 19.2 Å². The summed E-state index contributed by atoms with van der Waals surface area (Å²) in [5, 5.41) is 19.7. The van der Waals surface area contributed by atoms with Crippen LogP contribution < -0.4 is 0 Å². The molecule has 0 saturated heterocycles. The average Bonchev–Trinajstić information content (AvgIpc) is 3.10. The van der Waals surface area contributed by atoms with Crippen molar-refractivity contribution in [2.45, 2.75) is 0 Å². The maximum atomic E-state index is 10.6. The maximum absolute atomic E-state index is 10.6. The summed E-state index contributed by atoms with van der Waals surface area (Å²) in [6.07, 6.45) is 0. The van der Waals surface area contributed by atoms with E-state index in [0.29, 0.717) is 0 Å². The van der Waals surface area contributed by atoms with E-state index in [-0.39, 0.29) is 37.8 Å². The molecular formula is C12H12CuO8S2. The minimum absolute atomic E-state index is 0. The second kappa shape index (κ2) is 12.6. The van der Waals surface area contributed by atoms with Gasteiger partial charge in [0.15, 0.2) is 0 Å². The van der Waals surface area contributed by atoms with Gasteiger partial charge in [-0.15, -0.1) is 22.7 Å². The van der Waals surface area contributed by atoms with Crippen LogP contribution in [0.25, 0.3) is 0 Å². The molecule has 0 aliphatic heterocycles. The number of carboxylic acid groups (broad SMARTS) is 2. The summed E-state index contributed by atoms with van der Waals surface area (Å²) >= 11 is 2.26. The Labute approximate surface area is 148 Å². The Morgan fingerprint density at radius 3 is 1.22 bits per heavy atom. The minimum Gasteiger partial charge on any atom is -0.475 e. The molecule has 1 radical (unpaired) electrons. The number of hydrogen-bond acceptors (Lipinski definition) is 6. The summed E-state index contributed by atoms with van der Waals surface area (Å²) in [4.78, 5) is 41.9. The van der Waals surface area contributed by atoms with Crippen molar-refractivity contribution in [2.24, 2.45) is 0 Å². The molecule has 0 fully saturated rings. The van der Waals surface area contributed by atoms with Crippen LogP contribution in [0.1, 0.15) is 19.3 Å². The molecule has 0 saturated carbocycles. The second-order valence-corrected chi connectivity index (χ2v) is 5.12. The number of aliphatic carboxylic acids is 2. The number of carbonyl (C=O) groups is 4. The fourth-order valence-corrected chi connectivity index (χ4v) is 2.34. The largest absolute Gasteiger partial charge is 0.475 e. The van der Waals surface area contributed by atoms with Crippen LogP contribution in [0, 0.1) is 0 Å². The Hall–Kier alpha value is -1.88. The van der Waals surface area contributed by atoms with Crippen LogP contribution in [0.15, 0.2) is 35.0 Å². The quantitative estimate of drug-likeness (QED) is 0.418. The molecule has 0 unspecified atom stereocenters. The first-order chi connectivity index (χ1) is 9.43. The van der Waals surface area contributed by atoms with Crippen molar-refractivity contribution in [3.63, 3.8) is 0 Å². The first-order valence-corrected chi connectivity index (χ1v) is 6.81. The van der Waals surface area contributed by atoms with Gasteiger partial charge in [0.2, 0.25) is 0 Å². The first kappa shape index (κ1) is 26.0. The normalized spacial score (nSPS) is 8.00. The van der Waals surface area contributed by atoms with Crippen LogP contribution in [-0.2, 0) is 26.7 Å². The molecule has 0 bridgehead atoms. The van der Waals surface area contributed by atoms with Gasteiger partial charge in [-0.2, -0.15) is 0 Å². The zero-order valence-corrected chi connectivity index (χ0v) is 13.7. The van der Waals surface area contributed by atoms with Crippen LogP contribution in [-0.4, -0.2) is 44.7 Å². The Morgan fingerprint density at radius 2 is 1.04 bits per heavy atom. The van der Waals surface area contributed by atoms with Crippen LogP contribution in [0.3, 0.4) is 0 Å². The van der Waals surface area contributed by atoms with Gasteiger partial charge >= 0.3 is 11.9 Å². The molecule has 0 spiro atoms. The average molecular weight is 412 g/mol. The van der Waals surface area contributed by atoms with Crippen molar-refractivity contribution >= 4 is 46.2 Å². The van der Waals surface area contributed by atoms with Gasteiger partial charge in [-0.1, -0.05) is 12.1 Å². The van der Waals surface area contributed by atoms with E-state index in [1.807, 2.05) is 0 Å². The Morgan fingerprint density at radius 1 is 0.739 bits per heavy atom. The van der Waals surface area contributed by atoms with Crippen molar-refractivity contribution in [3.05, 3.63) is 44.8 Å². The molecule has 2 rings (SSSR count). The molecule has 2 aromatic rings. The first-order valence-electron chi connectivity index (χ1n) is 5.05. The zero-order valence-electron chi connectivity index (χ0n) is 11.1. The molecule has 11 heteroatoms. The van der Waals surface area contributed by atoms with E-state index >= 15 is 0 Å². The number of rotatable bonds is 4. The van der Waals surface area contributed by atoms with E-state index in [2.05, 4.69) is 0 Å². The standard InChI is InChI=1S/2C6H4O3S.Cu.2H2O/c2*7-5(6(8)9)4-2-1-3-10-4;;;/h2*1-3H,(H,8,9);;2*1H2. The van der Waals surface area contributed by atoms with Crippen molar-refractivity contribution in [1.29, 1.82) is 0 Å². The second-order valence-electron chi connectivity index (χ2n) is 3.22. The SMILES string of the molecule is O.O.O=C(O)C(=O)c1cccs1.O=C(O)C(=O)c1cccs1.[Cu]. The van der Waals surface area contributed by atoms with E-state index in [1.54, 1.807) is 22.9 Å². The molecule has 0 aliphatic carbocycles. The molecule has 23 heavy (non-hydrogen) atoms. The summed E-state index contributed by atoms with van der Waals surface area (Å²) in [6, 6.07) is 6.25. The molecule has 8 nitrogen and oxygen atoms in total. The zero-order chi connectivity index (χ0) is 15.1. The number of carboxylic acids is 2. The smallest absolute Gasteiger partial charge is 0.378 e. The van der Waals surface area contributed by atoms with E-state index < -0.39 is 23.5 Å². The Kier molecular flexibility index (Phi) is 14.3. The predicted octanol–water partition coefficient (Wildman–Crippen LogP) is 0.379. The molecule has 0 aliphatic rings. The van der Waals surface area contributed by atoms with E-state index in [0.717, 1.165) is 22.7 Å². The molecule has 2 heterocycles. The van der Waals surface area contributed by atoms with Gasteiger partial charge in [0.05, 0.1) is 9.75 Å². The molecule has 6 N–H and O–H groups in total. The fourth-order valence-electron chi connectivity index (χ4n) is 1.03. The molecule has 0 aromatic carbocycles. The maximum Gasteiger partial charge on any atom is 0.378 e. The minimum atomic E-state index is -1.40. The van der Waals surface area contributed by atoms with Crippen molar-refractivity contribution in [1.82, 2.24) is 0 Å². The number of thiophene rings is 2. The number of hydrogen-bond donors (Lipinski definition) is 2. The molecule has 0 atom stereocenters. The van der Waals surface area contributed by atoms with Gasteiger partial charge in [-0.3, -0.25) is 9.59 Å². The summed E-state index contributed by atoms with van der Waals surface area (Å²) in [5.41, 5.74) is 0.